The van der Waals surface area contributed by atoms with Gasteiger partial charge in [0.2, 0.25) is 10.0 Å². The average Bonchev–Trinajstić information content (AvgIpc) is 3.48. The minimum atomic E-state index is -3.09. The highest BCUT2D eigenvalue weighted by molar-refractivity contribution is 7.90. The van der Waals surface area contributed by atoms with Gasteiger partial charge in [0.25, 0.3) is 0 Å². The van der Waals surface area contributed by atoms with Crippen LogP contribution in [0.3, 0.4) is 0 Å². The molecule has 5 rings (SSSR count). The van der Waals surface area contributed by atoms with Crippen molar-refractivity contribution in [1.29, 1.82) is 0 Å². The molecule has 3 heterocycles. The Morgan fingerprint density at radius 1 is 1.04 bits per heavy atom. The first-order chi connectivity index (χ1) is 12.1. The predicted molar refractivity (Wildman–Crippen MR) is 95.3 cm³/mol. The summed E-state index contributed by atoms with van der Waals surface area (Å²) in [6.07, 6.45) is 8.61. The van der Waals surface area contributed by atoms with Crippen molar-refractivity contribution in [3.05, 3.63) is 24.2 Å². The standard InChI is InChI=1S/C17H23N5O2S/c23-25(24,14-4-5-14)21-8-1-7-20(10-11-21)17-16-12-15(13-2-3-13)19-22(16)9-6-18-17/h6,9,12-14H,1-5,7-8,10-11H2. The van der Waals surface area contributed by atoms with Crippen LogP contribution in [-0.4, -0.2) is 58.8 Å². The molecule has 0 atom stereocenters. The van der Waals surface area contributed by atoms with Crippen molar-refractivity contribution in [3.63, 3.8) is 0 Å². The number of anilines is 1. The van der Waals surface area contributed by atoms with Crippen LogP contribution < -0.4 is 4.90 Å². The third-order valence-electron chi connectivity index (χ3n) is 5.44. The highest BCUT2D eigenvalue weighted by Gasteiger charge is 2.40. The van der Waals surface area contributed by atoms with Gasteiger partial charge in [0.1, 0.15) is 5.52 Å². The number of fused-ring (bicyclic) bond motifs is 1. The molecule has 2 aromatic heterocycles. The molecule has 8 heteroatoms. The van der Waals surface area contributed by atoms with E-state index < -0.39 is 10.0 Å². The lowest BCUT2D eigenvalue weighted by atomic mass is 10.3. The summed E-state index contributed by atoms with van der Waals surface area (Å²) in [7, 11) is -3.09. The van der Waals surface area contributed by atoms with E-state index in [2.05, 4.69) is 21.0 Å². The lowest BCUT2D eigenvalue weighted by Gasteiger charge is -2.23. The lowest BCUT2D eigenvalue weighted by Crippen LogP contribution is -2.37. The van der Waals surface area contributed by atoms with Crippen LogP contribution in [0.2, 0.25) is 0 Å². The minimum absolute atomic E-state index is 0.128. The van der Waals surface area contributed by atoms with Crippen LogP contribution in [0.1, 0.15) is 43.7 Å². The number of rotatable bonds is 4. The maximum absolute atomic E-state index is 12.5. The van der Waals surface area contributed by atoms with Crippen molar-refractivity contribution in [1.82, 2.24) is 18.9 Å². The summed E-state index contributed by atoms with van der Waals surface area (Å²) in [5, 5.41) is 4.55. The highest BCUT2D eigenvalue weighted by Crippen LogP contribution is 2.40. The highest BCUT2D eigenvalue weighted by atomic mass is 32.2. The van der Waals surface area contributed by atoms with Gasteiger partial charge in [-0.15, -0.1) is 0 Å². The van der Waals surface area contributed by atoms with Crippen molar-refractivity contribution in [2.45, 2.75) is 43.3 Å². The zero-order chi connectivity index (χ0) is 17.0. The molecular weight excluding hydrogens is 338 g/mol. The third-order valence-corrected chi connectivity index (χ3v) is 7.84. The van der Waals surface area contributed by atoms with Gasteiger partial charge in [0.05, 0.1) is 10.9 Å². The maximum atomic E-state index is 12.5. The van der Waals surface area contributed by atoms with Gasteiger partial charge in [-0.2, -0.15) is 9.40 Å². The Balaban J connectivity index is 1.41. The fraction of sp³-hybridized carbons (Fsp3) is 0.647. The van der Waals surface area contributed by atoms with Crippen LogP contribution >= 0.6 is 0 Å². The Kier molecular flexibility index (Phi) is 3.53. The van der Waals surface area contributed by atoms with Crippen LogP contribution in [0.15, 0.2) is 18.5 Å². The first-order valence-corrected chi connectivity index (χ1v) is 10.7. The van der Waals surface area contributed by atoms with Gasteiger partial charge in [-0.25, -0.2) is 17.9 Å². The second-order valence-electron chi connectivity index (χ2n) is 7.41. The van der Waals surface area contributed by atoms with Gasteiger partial charge in [-0.3, -0.25) is 0 Å². The van der Waals surface area contributed by atoms with Crippen LogP contribution in [0, 0.1) is 0 Å². The molecule has 0 unspecified atom stereocenters. The Hall–Kier alpha value is -1.67. The van der Waals surface area contributed by atoms with E-state index in [4.69, 9.17) is 0 Å². The monoisotopic (exact) mass is 361 g/mol. The van der Waals surface area contributed by atoms with Crippen molar-refractivity contribution >= 4 is 21.4 Å². The van der Waals surface area contributed by atoms with Crippen molar-refractivity contribution in [2.24, 2.45) is 0 Å². The first-order valence-electron chi connectivity index (χ1n) is 9.21. The van der Waals surface area contributed by atoms with Gasteiger partial charge < -0.3 is 4.90 Å². The molecular formula is C17H23N5O2S. The molecule has 3 fully saturated rings. The van der Waals surface area contributed by atoms with E-state index in [1.807, 2.05) is 10.7 Å². The van der Waals surface area contributed by atoms with Gasteiger partial charge in [-0.1, -0.05) is 0 Å². The van der Waals surface area contributed by atoms with Gasteiger partial charge in [-0.05, 0) is 38.2 Å². The molecule has 0 radical (unpaired) electrons. The maximum Gasteiger partial charge on any atom is 0.217 e. The first kappa shape index (κ1) is 15.6. The predicted octanol–water partition coefficient (Wildman–Crippen LogP) is 1.61. The second kappa shape index (κ2) is 5.67. The summed E-state index contributed by atoms with van der Waals surface area (Å²) in [6, 6.07) is 2.16. The molecule has 0 aromatic carbocycles. The Morgan fingerprint density at radius 2 is 1.88 bits per heavy atom. The topological polar surface area (TPSA) is 70.8 Å². The summed E-state index contributed by atoms with van der Waals surface area (Å²) in [5.74, 6) is 1.53. The summed E-state index contributed by atoms with van der Waals surface area (Å²) in [4.78, 5) is 6.82. The molecule has 0 spiro atoms. The molecule has 7 nitrogen and oxygen atoms in total. The summed E-state index contributed by atoms with van der Waals surface area (Å²) in [6.45, 7) is 2.67. The molecule has 2 aliphatic carbocycles. The van der Waals surface area contributed by atoms with E-state index in [1.165, 1.54) is 12.8 Å². The molecule has 3 aliphatic rings. The van der Waals surface area contributed by atoms with E-state index in [-0.39, 0.29) is 5.25 Å². The fourth-order valence-corrected chi connectivity index (χ4v) is 5.56. The normalized spacial score (nSPS) is 23.1. The molecule has 1 saturated heterocycles. The quantitative estimate of drug-likeness (QED) is 0.827. The summed E-state index contributed by atoms with van der Waals surface area (Å²) in [5.41, 5.74) is 2.19. The van der Waals surface area contributed by atoms with Crippen molar-refractivity contribution in [3.8, 4) is 0 Å². The van der Waals surface area contributed by atoms with E-state index in [0.717, 1.165) is 42.8 Å². The smallest absolute Gasteiger partial charge is 0.217 e. The van der Waals surface area contributed by atoms with Crippen LogP contribution in [0.4, 0.5) is 5.82 Å². The molecule has 0 N–H and O–H groups in total. The summed E-state index contributed by atoms with van der Waals surface area (Å²) < 4.78 is 28.6. The molecule has 2 aromatic rings. The number of nitrogens with zero attached hydrogens (tertiary/aromatic N) is 5. The minimum Gasteiger partial charge on any atom is -0.353 e. The third kappa shape index (κ3) is 2.81. The fourth-order valence-electron chi connectivity index (χ4n) is 3.69. The number of aromatic nitrogens is 3. The Morgan fingerprint density at radius 3 is 2.64 bits per heavy atom. The Labute approximate surface area is 147 Å². The lowest BCUT2D eigenvalue weighted by molar-refractivity contribution is 0.432. The Bertz CT molecular complexity index is 901. The number of sulfonamides is 1. The van der Waals surface area contributed by atoms with Gasteiger partial charge in [0, 0.05) is 44.5 Å². The molecule has 2 saturated carbocycles. The van der Waals surface area contributed by atoms with Gasteiger partial charge >= 0.3 is 0 Å². The number of hydrogen-bond donors (Lipinski definition) is 0. The van der Waals surface area contributed by atoms with Crippen LogP contribution in [0.5, 0.6) is 0 Å². The summed E-state index contributed by atoms with van der Waals surface area (Å²) >= 11 is 0. The zero-order valence-corrected chi connectivity index (χ0v) is 15.0. The largest absolute Gasteiger partial charge is 0.353 e. The zero-order valence-electron chi connectivity index (χ0n) is 14.2. The molecule has 0 amide bonds. The van der Waals surface area contributed by atoms with Crippen LogP contribution in [0.25, 0.3) is 5.52 Å². The van der Waals surface area contributed by atoms with E-state index >= 15 is 0 Å². The number of hydrogen-bond acceptors (Lipinski definition) is 5. The van der Waals surface area contributed by atoms with Crippen molar-refractivity contribution in [2.75, 3.05) is 31.1 Å². The molecule has 25 heavy (non-hydrogen) atoms. The average molecular weight is 361 g/mol. The van der Waals surface area contributed by atoms with Crippen molar-refractivity contribution < 1.29 is 8.42 Å². The van der Waals surface area contributed by atoms with Crippen LogP contribution in [-0.2, 0) is 10.0 Å². The van der Waals surface area contributed by atoms with E-state index in [9.17, 15) is 8.42 Å². The molecule has 1 aliphatic heterocycles. The second-order valence-corrected chi connectivity index (χ2v) is 9.62. The molecule has 0 bridgehead atoms. The van der Waals surface area contributed by atoms with E-state index in [0.29, 0.717) is 25.6 Å². The SMILES string of the molecule is O=S(=O)(C1CC1)N1CCCN(c2nccn3nc(C4CC4)cc23)CC1. The van der Waals surface area contributed by atoms with E-state index in [1.54, 1.807) is 10.5 Å². The molecule has 134 valence electrons. The van der Waals surface area contributed by atoms with Gasteiger partial charge in [0.15, 0.2) is 5.82 Å².